The Morgan fingerprint density at radius 3 is 2.23 bits per heavy atom. The van der Waals surface area contributed by atoms with Gasteiger partial charge in [0.1, 0.15) is 6.04 Å². The van der Waals surface area contributed by atoms with Crippen LogP contribution in [0.1, 0.15) is 31.9 Å². The third-order valence-electron chi connectivity index (χ3n) is 4.09. The van der Waals surface area contributed by atoms with Crippen LogP contribution >= 0.6 is 11.6 Å². The van der Waals surface area contributed by atoms with E-state index < -0.39 is 6.04 Å². The van der Waals surface area contributed by atoms with Gasteiger partial charge in [-0.2, -0.15) is 0 Å². The molecule has 0 unspecified atom stereocenters. The molecule has 138 valence electrons. The van der Waals surface area contributed by atoms with Crippen LogP contribution in [0.3, 0.4) is 0 Å². The van der Waals surface area contributed by atoms with Crippen molar-refractivity contribution < 1.29 is 9.59 Å². The molecule has 2 rings (SSSR count). The Bertz CT molecular complexity index is 747. The molecule has 0 aliphatic rings. The Hall–Kier alpha value is -2.33. The SMILES string of the molecule is CC(C)NC(=O)[C@@H](C)N(Cc1ccccc1)C(=O)Cc1ccccc1Cl. The van der Waals surface area contributed by atoms with Crippen molar-refractivity contribution in [2.45, 2.75) is 45.8 Å². The standard InChI is InChI=1S/C21H25ClN2O2/c1-15(2)23-21(26)16(3)24(14-17-9-5-4-6-10-17)20(25)13-18-11-7-8-12-19(18)22/h4-12,15-16H,13-14H2,1-3H3,(H,23,26)/t16-/m1/s1. The van der Waals surface area contributed by atoms with Crippen LogP contribution in [0.2, 0.25) is 5.02 Å². The van der Waals surface area contributed by atoms with Crippen molar-refractivity contribution in [2.75, 3.05) is 0 Å². The molecule has 0 spiro atoms. The minimum atomic E-state index is -0.576. The van der Waals surface area contributed by atoms with Gasteiger partial charge in [0.05, 0.1) is 6.42 Å². The van der Waals surface area contributed by atoms with Gasteiger partial charge in [-0.15, -0.1) is 0 Å². The number of carbonyl (C=O) groups excluding carboxylic acids is 2. The maximum atomic E-state index is 13.0. The third-order valence-corrected chi connectivity index (χ3v) is 4.46. The van der Waals surface area contributed by atoms with Gasteiger partial charge >= 0.3 is 0 Å². The minimum Gasteiger partial charge on any atom is -0.352 e. The second kappa shape index (κ2) is 9.39. The van der Waals surface area contributed by atoms with Crippen LogP contribution < -0.4 is 5.32 Å². The van der Waals surface area contributed by atoms with Crippen molar-refractivity contribution in [3.05, 3.63) is 70.7 Å². The van der Waals surface area contributed by atoms with Crippen molar-refractivity contribution in [3.8, 4) is 0 Å². The minimum absolute atomic E-state index is 0.0159. The Kier molecular flexibility index (Phi) is 7.22. The van der Waals surface area contributed by atoms with Crippen LogP contribution in [0.5, 0.6) is 0 Å². The molecular weight excluding hydrogens is 348 g/mol. The van der Waals surface area contributed by atoms with E-state index in [2.05, 4.69) is 5.32 Å². The molecule has 0 saturated carbocycles. The van der Waals surface area contributed by atoms with Gasteiger partial charge in [0, 0.05) is 17.6 Å². The fraction of sp³-hybridized carbons (Fsp3) is 0.333. The van der Waals surface area contributed by atoms with Gasteiger partial charge in [-0.1, -0.05) is 60.1 Å². The molecular formula is C21H25ClN2O2. The first kappa shape index (κ1) is 20.0. The second-order valence-electron chi connectivity index (χ2n) is 6.61. The zero-order chi connectivity index (χ0) is 19.1. The first-order chi connectivity index (χ1) is 12.4. The van der Waals surface area contributed by atoms with Crippen LogP contribution in [0.25, 0.3) is 0 Å². The summed E-state index contributed by atoms with van der Waals surface area (Å²) in [6.45, 7) is 5.93. The predicted molar refractivity (Wildman–Crippen MR) is 105 cm³/mol. The molecule has 4 nitrogen and oxygen atoms in total. The van der Waals surface area contributed by atoms with Gasteiger partial charge in [-0.25, -0.2) is 0 Å². The first-order valence-electron chi connectivity index (χ1n) is 8.75. The Balaban J connectivity index is 2.22. The van der Waals surface area contributed by atoms with Crippen LogP contribution in [-0.4, -0.2) is 28.8 Å². The van der Waals surface area contributed by atoms with E-state index in [1.54, 1.807) is 17.9 Å². The van der Waals surface area contributed by atoms with Crippen molar-refractivity contribution in [1.29, 1.82) is 0 Å². The molecule has 1 atom stereocenters. The molecule has 0 bridgehead atoms. The number of nitrogens with zero attached hydrogens (tertiary/aromatic N) is 1. The number of halogens is 1. The summed E-state index contributed by atoms with van der Waals surface area (Å²) in [4.78, 5) is 27.1. The molecule has 0 aliphatic heterocycles. The lowest BCUT2D eigenvalue weighted by Gasteiger charge is -2.29. The largest absolute Gasteiger partial charge is 0.352 e. The summed E-state index contributed by atoms with van der Waals surface area (Å²) in [5.41, 5.74) is 1.73. The summed E-state index contributed by atoms with van der Waals surface area (Å²) in [5, 5.41) is 3.44. The van der Waals surface area contributed by atoms with E-state index in [1.165, 1.54) is 0 Å². The average Bonchev–Trinajstić information content (AvgIpc) is 2.61. The van der Waals surface area contributed by atoms with Gasteiger partial charge in [0.25, 0.3) is 0 Å². The summed E-state index contributed by atoms with van der Waals surface area (Å²) >= 11 is 6.19. The van der Waals surface area contributed by atoms with E-state index in [9.17, 15) is 9.59 Å². The Morgan fingerprint density at radius 1 is 1.00 bits per heavy atom. The summed E-state index contributed by atoms with van der Waals surface area (Å²) in [6, 6.07) is 16.4. The third kappa shape index (κ3) is 5.60. The maximum Gasteiger partial charge on any atom is 0.242 e. The first-order valence-corrected chi connectivity index (χ1v) is 9.13. The fourth-order valence-electron chi connectivity index (χ4n) is 2.67. The molecule has 0 heterocycles. The number of hydrogen-bond donors (Lipinski definition) is 1. The summed E-state index contributed by atoms with van der Waals surface area (Å²) < 4.78 is 0. The molecule has 2 aromatic carbocycles. The second-order valence-corrected chi connectivity index (χ2v) is 7.02. The van der Waals surface area contributed by atoms with E-state index in [-0.39, 0.29) is 24.3 Å². The number of amides is 2. The highest BCUT2D eigenvalue weighted by Gasteiger charge is 2.26. The van der Waals surface area contributed by atoms with Crippen molar-refractivity contribution in [2.24, 2.45) is 0 Å². The Morgan fingerprint density at radius 2 is 1.62 bits per heavy atom. The average molecular weight is 373 g/mol. The van der Waals surface area contributed by atoms with E-state index >= 15 is 0 Å². The maximum absolute atomic E-state index is 13.0. The van der Waals surface area contributed by atoms with Gasteiger partial charge in [-0.3, -0.25) is 9.59 Å². The van der Waals surface area contributed by atoms with E-state index in [0.717, 1.165) is 11.1 Å². The van der Waals surface area contributed by atoms with Crippen molar-refractivity contribution >= 4 is 23.4 Å². The molecule has 5 heteroatoms. The molecule has 2 amide bonds. The van der Waals surface area contributed by atoms with E-state index in [1.807, 2.05) is 62.4 Å². The smallest absolute Gasteiger partial charge is 0.242 e. The van der Waals surface area contributed by atoms with Crippen molar-refractivity contribution in [1.82, 2.24) is 10.2 Å². The molecule has 0 aliphatic carbocycles. The van der Waals surface area contributed by atoms with Crippen LogP contribution in [0, 0.1) is 0 Å². The zero-order valence-corrected chi connectivity index (χ0v) is 16.2. The molecule has 2 aromatic rings. The van der Waals surface area contributed by atoms with Gasteiger partial charge in [0.15, 0.2) is 0 Å². The van der Waals surface area contributed by atoms with Crippen LogP contribution in [0.4, 0.5) is 0 Å². The van der Waals surface area contributed by atoms with Crippen LogP contribution in [0.15, 0.2) is 54.6 Å². The normalized spacial score (nSPS) is 11.9. The lowest BCUT2D eigenvalue weighted by molar-refractivity contribution is -0.140. The zero-order valence-electron chi connectivity index (χ0n) is 15.4. The lowest BCUT2D eigenvalue weighted by atomic mass is 10.1. The summed E-state index contributed by atoms with van der Waals surface area (Å²) in [5.74, 6) is -0.295. The molecule has 1 N–H and O–H groups in total. The van der Waals surface area contributed by atoms with Crippen LogP contribution in [-0.2, 0) is 22.6 Å². The number of hydrogen-bond acceptors (Lipinski definition) is 2. The number of nitrogens with one attached hydrogen (secondary N) is 1. The molecule has 0 fully saturated rings. The van der Waals surface area contributed by atoms with Gasteiger partial charge < -0.3 is 10.2 Å². The predicted octanol–water partition coefficient (Wildman–Crippen LogP) is 3.82. The number of carbonyl (C=O) groups is 2. The molecule has 0 radical (unpaired) electrons. The topological polar surface area (TPSA) is 49.4 Å². The quantitative estimate of drug-likeness (QED) is 0.803. The van der Waals surface area contributed by atoms with E-state index in [0.29, 0.717) is 11.6 Å². The number of rotatable bonds is 7. The molecule has 26 heavy (non-hydrogen) atoms. The lowest BCUT2D eigenvalue weighted by Crippen LogP contribution is -2.49. The summed E-state index contributed by atoms with van der Waals surface area (Å²) in [6.07, 6.45) is 0.159. The van der Waals surface area contributed by atoms with Crippen molar-refractivity contribution in [3.63, 3.8) is 0 Å². The number of benzene rings is 2. The Labute approximate surface area is 160 Å². The van der Waals surface area contributed by atoms with Gasteiger partial charge in [-0.05, 0) is 38.0 Å². The highest BCUT2D eigenvalue weighted by Crippen LogP contribution is 2.18. The summed E-state index contributed by atoms with van der Waals surface area (Å²) in [7, 11) is 0. The van der Waals surface area contributed by atoms with E-state index in [4.69, 9.17) is 11.6 Å². The fourth-order valence-corrected chi connectivity index (χ4v) is 2.88. The highest BCUT2D eigenvalue weighted by atomic mass is 35.5. The molecule has 0 saturated heterocycles. The highest BCUT2D eigenvalue weighted by molar-refractivity contribution is 6.31. The monoisotopic (exact) mass is 372 g/mol. The van der Waals surface area contributed by atoms with Gasteiger partial charge in [0.2, 0.25) is 11.8 Å². The molecule has 0 aromatic heterocycles.